The molecular weight excluding hydrogens is 396 g/mol. The normalized spacial score (nSPS) is 29.2. The molecule has 2 saturated carbocycles. The highest BCUT2D eigenvalue weighted by atomic mass is 19.3. The second-order valence-corrected chi connectivity index (χ2v) is 8.09. The first-order valence-corrected chi connectivity index (χ1v) is 9.38. The van der Waals surface area contributed by atoms with Crippen LogP contribution >= 0.6 is 0 Å². The molecule has 0 aliphatic heterocycles. The molecule has 156 valence electrons. The van der Waals surface area contributed by atoms with E-state index >= 15 is 0 Å². The van der Waals surface area contributed by atoms with Crippen LogP contribution in [0.3, 0.4) is 0 Å². The van der Waals surface area contributed by atoms with E-state index in [2.05, 4.69) is 25.6 Å². The van der Waals surface area contributed by atoms with E-state index in [-0.39, 0.29) is 36.1 Å². The maximum atomic E-state index is 14.6. The third kappa shape index (κ3) is 4.31. The first-order chi connectivity index (χ1) is 13.4. The summed E-state index contributed by atoms with van der Waals surface area (Å²) in [5.74, 6) is -6.77. The van der Waals surface area contributed by atoms with Crippen molar-refractivity contribution in [2.24, 2.45) is 0 Å². The van der Waals surface area contributed by atoms with Gasteiger partial charge in [-0.2, -0.15) is 15.0 Å². The van der Waals surface area contributed by atoms with Crippen LogP contribution in [0.5, 0.6) is 0 Å². The zero-order valence-electron chi connectivity index (χ0n) is 15.4. The van der Waals surface area contributed by atoms with Gasteiger partial charge in [-0.15, -0.1) is 0 Å². The van der Waals surface area contributed by atoms with Crippen LogP contribution in [0.1, 0.15) is 50.8 Å². The molecule has 3 N–H and O–H groups in total. The van der Waals surface area contributed by atoms with Crippen molar-refractivity contribution in [1.82, 2.24) is 15.0 Å². The Balaban J connectivity index is 1.61. The van der Waals surface area contributed by atoms with Gasteiger partial charge in [0, 0.05) is 43.3 Å². The van der Waals surface area contributed by atoms with Gasteiger partial charge in [0.2, 0.25) is 11.9 Å². The van der Waals surface area contributed by atoms with E-state index in [0.29, 0.717) is 6.42 Å². The molecule has 0 unspecified atom stereocenters. The molecule has 0 bridgehead atoms. The molecule has 0 amide bonds. The van der Waals surface area contributed by atoms with Gasteiger partial charge in [-0.05, 0) is 19.3 Å². The quantitative estimate of drug-likeness (QED) is 0.507. The minimum absolute atomic E-state index is 0.0207. The van der Waals surface area contributed by atoms with Crippen molar-refractivity contribution < 1.29 is 27.1 Å². The predicted molar refractivity (Wildman–Crippen MR) is 95.6 cm³/mol. The summed E-state index contributed by atoms with van der Waals surface area (Å²) in [5, 5.41) is 15.5. The molecule has 29 heavy (non-hydrogen) atoms. The number of nitrogens with one attached hydrogen (secondary N) is 2. The lowest BCUT2D eigenvalue weighted by atomic mass is 9.71. The van der Waals surface area contributed by atoms with Crippen molar-refractivity contribution in [3.05, 3.63) is 11.7 Å². The van der Waals surface area contributed by atoms with Crippen LogP contribution in [0.15, 0.2) is 5.83 Å². The van der Waals surface area contributed by atoms with Crippen molar-refractivity contribution in [2.45, 2.75) is 74.4 Å². The van der Waals surface area contributed by atoms with Gasteiger partial charge in [-0.3, -0.25) is 0 Å². The zero-order valence-corrected chi connectivity index (χ0v) is 15.4. The summed E-state index contributed by atoms with van der Waals surface area (Å²) >= 11 is 0. The molecule has 0 spiro atoms. The second kappa shape index (κ2) is 6.78. The molecule has 0 aromatic carbocycles. The van der Waals surface area contributed by atoms with Gasteiger partial charge in [0.1, 0.15) is 13.7 Å². The molecule has 3 aliphatic carbocycles. The SMILES string of the molecule is [B][C@@]1(O)CCCC(c2nc(NC3CC(F)(F)C3)nc(NC3CC(F)(F)C3)n2)=C1F. The molecule has 1 aromatic rings. The van der Waals surface area contributed by atoms with Gasteiger partial charge in [-0.25, -0.2) is 22.0 Å². The minimum Gasteiger partial charge on any atom is -0.393 e. The Bertz CT molecular complexity index is 789. The highest BCUT2D eigenvalue weighted by Crippen LogP contribution is 2.41. The van der Waals surface area contributed by atoms with E-state index in [1.165, 1.54) is 0 Å². The molecule has 4 rings (SSSR count). The topological polar surface area (TPSA) is 83.0 Å². The van der Waals surface area contributed by atoms with Crippen LogP contribution in [-0.4, -0.2) is 57.3 Å². The summed E-state index contributed by atoms with van der Waals surface area (Å²) in [5.41, 5.74) is -2.17. The van der Waals surface area contributed by atoms with Crippen LogP contribution in [-0.2, 0) is 0 Å². The number of aromatic nitrogens is 3. The van der Waals surface area contributed by atoms with Gasteiger partial charge in [0.05, 0.1) is 5.50 Å². The molecule has 0 saturated heterocycles. The van der Waals surface area contributed by atoms with Crippen molar-refractivity contribution in [2.75, 3.05) is 10.6 Å². The summed E-state index contributed by atoms with van der Waals surface area (Å²) in [4.78, 5) is 12.2. The number of allylic oxidation sites excluding steroid dienone is 1. The number of nitrogens with zero attached hydrogens (tertiary/aromatic N) is 3. The fourth-order valence-electron chi connectivity index (χ4n) is 3.76. The Kier molecular flexibility index (Phi) is 4.75. The van der Waals surface area contributed by atoms with Gasteiger partial charge in [0.25, 0.3) is 11.8 Å². The average molecular weight is 415 g/mol. The fourth-order valence-corrected chi connectivity index (χ4v) is 3.76. The largest absolute Gasteiger partial charge is 0.393 e. The van der Waals surface area contributed by atoms with E-state index in [9.17, 15) is 27.1 Å². The third-order valence-corrected chi connectivity index (χ3v) is 5.38. The molecule has 1 heterocycles. The molecule has 1 aromatic heterocycles. The standard InChI is InChI=1S/C17H19BF5N5O/c18-17(29)3-1-2-10(11(17)19)12-26-13(24-8-4-15(20,21)5-8)28-14(27-12)25-9-6-16(22,23)7-9/h8-9,29H,1-7H2,(H2,24,25,26,27,28)/t17-/m1/s1. The van der Waals surface area contributed by atoms with Crippen molar-refractivity contribution in [1.29, 1.82) is 0 Å². The minimum atomic E-state index is -2.76. The van der Waals surface area contributed by atoms with E-state index < -0.39 is 60.9 Å². The lowest BCUT2D eigenvalue weighted by molar-refractivity contribution is -0.0799. The monoisotopic (exact) mass is 415 g/mol. The van der Waals surface area contributed by atoms with Gasteiger partial charge in [-0.1, -0.05) is 0 Å². The number of alkyl halides is 4. The lowest BCUT2D eigenvalue weighted by Gasteiger charge is -2.36. The average Bonchev–Trinajstić information content (AvgIpc) is 2.54. The Morgan fingerprint density at radius 2 is 1.38 bits per heavy atom. The molecular formula is C17H19BF5N5O. The third-order valence-electron chi connectivity index (χ3n) is 5.38. The van der Waals surface area contributed by atoms with E-state index in [1.54, 1.807) is 0 Å². The number of aliphatic hydroxyl groups is 1. The summed E-state index contributed by atoms with van der Waals surface area (Å²) in [7, 11) is 5.56. The number of rotatable bonds is 5. The smallest absolute Gasteiger partial charge is 0.252 e. The Morgan fingerprint density at radius 1 is 0.897 bits per heavy atom. The van der Waals surface area contributed by atoms with Gasteiger partial charge < -0.3 is 15.7 Å². The van der Waals surface area contributed by atoms with Crippen LogP contribution in [0, 0.1) is 0 Å². The molecule has 2 radical (unpaired) electrons. The van der Waals surface area contributed by atoms with E-state index in [1.807, 2.05) is 0 Å². The first kappa shape index (κ1) is 20.3. The number of anilines is 2. The highest BCUT2D eigenvalue weighted by Gasteiger charge is 2.47. The summed E-state index contributed by atoms with van der Waals surface area (Å²) < 4.78 is 67.0. The van der Waals surface area contributed by atoms with Crippen LogP contribution in [0.2, 0.25) is 0 Å². The number of hydrogen-bond donors (Lipinski definition) is 3. The van der Waals surface area contributed by atoms with Crippen LogP contribution in [0.25, 0.3) is 5.57 Å². The summed E-state index contributed by atoms with van der Waals surface area (Å²) in [6.45, 7) is 0. The van der Waals surface area contributed by atoms with Gasteiger partial charge >= 0.3 is 0 Å². The lowest BCUT2D eigenvalue weighted by Crippen LogP contribution is -2.45. The molecule has 3 aliphatic rings. The summed E-state index contributed by atoms with van der Waals surface area (Å²) in [6.07, 6.45) is -0.973. The Hall–Kier alpha value is -1.98. The fraction of sp³-hybridized carbons (Fsp3) is 0.706. The van der Waals surface area contributed by atoms with Crippen LogP contribution < -0.4 is 10.6 Å². The maximum Gasteiger partial charge on any atom is 0.252 e. The number of halogens is 5. The first-order valence-electron chi connectivity index (χ1n) is 9.38. The molecule has 6 nitrogen and oxygen atoms in total. The van der Waals surface area contributed by atoms with E-state index in [4.69, 9.17) is 7.85 Å². The maximum absolute atomic E-state index is 14.6. The second-order valence-electron chi connectivity index (χ2n) is 8.09. The highest BCUT2D eigenvalue weighted by molar-refractivity contribution is 6.17. The molecule has 12 heteroatoms. The van der Waals surface area contributed by atoms with Crippen molar-refractivity contribution in [3.63, 3.8) is 0 Å². The zero-order chi connectivity index (χ0) is 21.0. The summed E-state index contributed by atoms with van der Waals surface area (Å²) in [6, 6.07) is -1.14. The Morgan fingerprint density at radius 3 is 1.83 bits per heavy atom. The van der Waals surface area contributed by atoms with E-state index in [0.717, 1.165) is 0 Å². The van der Waals surface area contributed by atoms with Crippen LogP contribution in [0.4, 0.5) is 33.8 Å². The Labute approximate surface area is 164 Å². The predicted octanol–water partition coefficient (Wildman–Crippen LogP) is 3.01. The molecule has 1 atom stereocenters. The van der Waals surface area contributed by atoms with Gasteiger partial charge in [0.15, 0.2) is 5.82 Å². The van der Waals surface area contributed by atoms with Crippen molar-refractivity contribution >= 4 is 25.3 Å². The molecule has 2 fully saturated rings. The van der Waals surface area contributed by atoms with Crippen molar-refractivity contribution in [3.8, 4) is 0 Å². The number of hydrogen-bond acceptors (Lipinski definition) is 6.